The zero-order valence-electron chi connectivity index (χ0n) is 6.62. The van der Waals surface area contributed by atoms with Crippen molar-refractivity contribution in [1.29, 1.82) is 0 Å². The van der Waals surface area contributed by atoms with Crippen molar-refractivity contribution in [3.05, 3.63) is 32.1 Å². The van der Waals surface area contributed by atoms with E-state index in [1.54, 1.807) is 0 Å². The Morgan fingerprint density at radius 2 is 2.38 bits per heavy atom. The lowest BCUT2D eigenvalue weighted by molar-refractivity contribution is 0.378. The number of aromatic nitrogens is 2. The highest BCUT2D eigenvalue weighted by molar-refractivity contribution is 6.30. The zero-order valence-corrected chi connectivity index (χ0v) is 7.37. The Kier molecular flexibility index (Phi) is 1.97. The molecule has 13 heavy (non-hydrogen) atoms. The number of nitrogens with one attached hydrogen (secondary N) is 1. The predicted octanol–water partition coefficient (Wildman–Crippen LogP) is -0.411. The Morgan fingerprint density at radius 3 is 3.00 bits per heavy atom. The van der Waals surface area contributed by atoms with E-state index in [0.29, 0.717) is 13.2 Å². The summed E-state index contributed by atoms with van der Waals surface area (Å²) in [6.07, 6.45) is 1.41. The van der Waals surface area contributed by atoms with E-state index in [0.717, 1.165) is 0 Å². The second kappa shape index (κ2) is 3.01. The molecule has 1 aliphatic heterocycles. The number of ether oxygens (including phenoxy) is 1. The lowest BCUT2D eigenvalue weighted by Crippen LogP contribution is -2.30. The Bertz CT molecular complexity index is 432. The molecule has 0 unspecified atom stereocenters. The first-order chi connectivity index (χ1) is 6.16. The summed E-state index contributed by atoms with van der Waals surface area (Å²) < 4.78 is 6.28. The minimum Gasteiger partial charge on any atom is -0.371 e. The Morgan fingerprint density at radius 1 is 1.69 bits per heavy atom. The van der Waals surface area contributed by atoms with Gasteiger partial charge in [0.1, 0.15) is 5.02 Å². The summed E-state index contributed by atoms with van der Waals surface area (Å²) >= 11 is 5.55. The van der Waals surface area contributed by atoms with Gasteiger partial charge in [-0.3, -0.25) is 14.3 Å². The molecule has 0 saturated carbocycles. The molecule has 1 atom stereocenters. The molecule has 0 bridgehead atoms. The fraction of sp³-hybridized carbons (Fsp3) is 0.429. The summed E-state index contributed by atoms with van der Waals surface area (Å²) in [7, 11) is 0. The molecule has 0 radical (unpaired) electrons. The molecule has 6 heteroatoms. The van der Waals surface area contributed by atoms with Crippen molar-refractivity contribution in [2.45, 2.75) is 12.6 Å². The number of hydrogen-bond acceptors (Lipinski definition) is 3. The fourth-order valence-electron chi connectivity index (χ4n) is 1.01. The summed E-state index contributed by atoms with van der Waals surface area (Å²) in [4.78, 5) is 24.1. The van der Waals surface area contributed by atoms with Crippen LogP contribution in [0.3, 0.4) is 0 Å². The molecular formula is C7H7ClN2O3. The monoisotopic (exact) mass is 202 g/mol. The second-order valence-corrected chi connectivity index (χ2v) is 3.25. The van der Waals surface area contributed by atoms with Crippen LogP contribution < -0.4 is 11.2 Å². The summed E-state index contributed by atoms with van der Waals surface area (Å²) in [6.45, 7) is 1.10. The van der Waals surface area contributed by atoms with Crippen molar-refractivity contribution in [3.8, 4) is 0 Å². The normalized spacial score (nSPS) is 20.2. The standard InChI is InChI=1S/C7H7ClN2O3/c8-5-2-10(1-4-3-13-4)7(12)9-6(5)11/h2,4H,1,3H2,(H,9,11,12)/t4-/m0/s1. The molecule has 1 aromatic rings. The number of rotatable bonds is 2. The highest BCUT2D eigenvalue weighted by Crippen LogP contribution is 2.10. The van der Waals surface area contributed by atoms with E-state index >= 15 is 0 Å². The van der Waals surface area contributed by atoms with Crippen LogP contribution in [0.1, 0.15) is 0 Å². The summed E-state index contributed by atoms with van der Waals surface area (Å²) in [5.41, 5.74) is -1.01. The summed E-state index contributed by atoms with van der Waals surface area (Å²) in [5.74, 6) is 0. The van der Waals surface area contributed by atoms with Gasteiger partial charge in [-0.1, -0.05) is 11.6 Å². The largest absolute Gasteiger partial charge is 0.371 e. The average molecular weight is 203 g/mol. The molecule has 0 aromatic carbocycles. The maximum atomic E-state index is 11.1. The lowest BCUT2D eigenvalue weighted by atomic mass is 10.4. The van der Waals surface area contributed by atoms with Gasteiger partial charge in [0.2, 0.25) is 0 Å². The van der Waals surface area contributed by atoms with E-state index < -0.39 is 11.2 Å². The SMILES string of the molecule is O=c1[nH]c(=O)n(C[C@H]2CO2)cc1Cl. The molecule has 1 N–H and O–H groups in total. The molecule has 0 spiro atoms. The van der Waals surface area contributed by atoms with Crippen LogP contribution in [0.2, 0.25) is 5.02 Å². The van der Waals surface area contributed by atoms with Gasteiger partial charge < -0.3 is 4.74 Å². The summed E-state index contributed by atoms with van der Waals surface area (Å²) in [5, 5.41) is 0.0141. The van der Waals surface area contributed by atoms with Crippen LogP contribution in [0.25, 0.3) is 0 Å². The topological polar surface area (TPSA) is 67.4 Å². The quantitative estimate of drug-likeness (QED) is 0.663. The maximum absolute atomic E-state index is 11.1. The molecule has 1 aliphatic rings. The van der Waals surface area contributed by atoms with Gasteiger partial charge in [-0.25, -0.2) is 4.79 Å². The van der Waals surface area contributed by atoms with Crippen LogP contribution in [-0.4, -0.2) is 22.3 Å². The minimum atomic E-state index is -0.556. The third-order valence-electron chi connectivity index (χ3n) is 1.77. The van der Waals surface area contributed by atoms with Gasteiger partial charge in [-0.15, -0.1) is 0 Å². The Hall–Kier alpha value is -1.07. The number of halogens is 1. The molecule has 0 amide bonds. The van der Waals surface area contributed by atoms with Gasteiger partial charge in [-0.2, -0.15) is 0 Å². The molecule has 1 saturated heterocycles. The van der Waals surface area contributed by atoms with Gasteiger partial charge in [-0.05, 0) is 0 Å². The molecule has 1 aromatic heterocycles. The first kappa shape index (κ1) is 8.52. The number of hydrogen-bond donors (Lipinski definition) is 1. The number of epoxide rings is 1. The molecule has 5 nitrogen and oxygen atoms in total. The third-order valence-corrected chi connectivity index (χ3v) is 2.04. The van der Waals surface area contributed by atoms with E-state index in [4.69, 9.17) is 16.3 Å². The van der Waals surface area contributed by atoms with Crippen molar-refractivity contribution >= 4 is 11.6 Å². The first-order valence-electron chi connectivity index (χ1n) is 3.77. The van der Waals surface area contributed by atoms with Crippen molar-refractivity contribution in [1.82, 2.24) is 9.55 Å². The highest BCUT2D eigenvalue weighted by Gasteiger charge is 2.23. The Labute approximate surface area is 77.9 Å². The van der Waals surface area contributed by atoms with Gasteiger partial charge in [0.15, 0.2) is 0 Å². The van der Waals surface area contributed by atoms with Crippen LogP contribution in [0.15, 0.2) is 15.8 Å². The number of H-pyrrole nitrogens is 1. The van der Waals surface area contributed by atoms with Crippen molar-refractivity contribution in [3.63, 3.8) is 0 Å². The highest BCUT2D eigenvalue weighted by atomic mass is 35.5. The maximum Gasteiger partial charge on any atom is 0.328 e. The average Bonchev–Trinajstić information content (AvgIpc) is 2.84. The predicted molar refractivity (Wildman–Crippen MR) is 46.1 cm³/mol. The van der Waals surface area contributed by atoms with Crippen molar-refractivity contribution in [2.75, 3.05) is 6.61 Å². The zero-order chi connectivity index (χ0) is 9.42. The molecule has 70 valence electrons. The van der Waals surface area contributed by atoms with Gasteiger partial charge in [0.25, 0.3) is 5.56 Å². The van der Waals surface area contributed by atoms with Crippen LogP contribution >= 0.6 is 11.6 Å². The Balaban J connectivity index is 2.38. The molecule has 2 heterocycles. The van der Waals surface area contributed by atoms with Crippen LogP contribution in [0.4, 0.5) is 0 Å². The van der Waals surface area contributed by atoms with E-state index in [1.807, 2.05) is 0 Å². The van der Waals surface area contributed by atoms with E-state index in [9.17, 15) is 9.59 Å². The van der Waals surface area contributed by atoms with Gasteiger partial charge in [0, 0.05) is 6.20 Å². The van der Waals surface area contributed by atoms with Crippen molar-refractivity contribution in [2.24, 2.45) is 0 Å². The molecule has 1 fully saturated rings. The smallest absolute Gasteiger partial charge is 0.328 e. The molecule has 0 aliphatic carbocycles. The minimum absolute atomic E-state index is 0.0141. The first-order valence-corrected chi connectivity index (χ1v) is 4.15. The fourth-order valence-corrected chi connectivity index (χ4v) is 1.18. The van der Waals surface area contributed by atoms with Crippen LogP contribution in [-0.2, 0) is 11.3 Å². The second-order valence-electron chi connectivity index (χ2n) is 2.84. The summed E-state index contributed by atoms with van der Waals surface area (Å²) in [6, 6.07) is 0. The van der Waals surface area contributed by atoms with Crippen molar-refractivity contribution < 1.29 is 4.74 Å². The number of aromatic amines is 1. The van der Waals surface area contributed by atoms with E-state index in [2.05, 4.69) is 4.98 Å². The number of nitrogens with zero attached hydrogens (tertiary/aromatic N) is 1. The van der Waals surface area contributed by atoms with Gasteiger partial charge in [0.05, 0.1) is 19.3 Å². The van der Waals surface area contributed by atoms with E-state index in [1.165, 1.54) is 10.8 Å². The van der Waals surface area contributed by atoms with E-state index in [-0.39, 0.29) is 11.1 Å². The molecular weight excluding hydrogens is 196 g/mol. The van der Waals surface area contributed by atoms with Gasteiger partial charge >= 0.3 is 5.69 Å². The lowest BCUT2D eigenvalue weighted by Gasteiger charge is -2.01. The molecule has 2 rings (SSSR count). The van der Waals surface area contributed by atoms with Crippen LogP contribution in [0.5, 0.6) is 0 Å². The van der Waals surface area contributed by atoms with Crippen LogP contribution in [0, 0.1) is 0 Å². The third kappa shape index (κ3) is 1.81.